The third kappa shape index (κ3) is 3.52. The van der Waals surface area contributed by atoms with Crippen LogP contribution in [-0.2, 0) is 10.0 Å². The third-order valence-corrected chi connectivity index (χ3v) is 5.71. The molecule has 1 saturated heterocycles. The Morgan fingerprint density at radius 1 is 1.35 bits per heavy atom. The predicted octanol–water partition coefficient (Wildman–Crippen LogP) is 1.96. The summed E-state index contributed by atoms with van der Waals surface area (Å²) in [4.78, 5) is 0.447. The van der Waals surface area contributed by atoms with E-state index in [0.29, 0.717) is 23.9 Å². The van der Waals surface area contributed by atoms with Gasteiger partial charge in [-0.25, -0.2) is 8.42 Å². The first-order valence-corrected chi connectivity index (χ1v) is 8.11. The van der Waals surface area contributed by atoms with Crippen molar-refractivity contribution in [2.45, 2.75) is 25.2 Å². The van der Waals surface area contributed by atoms with Crippen molar-refractivity contribution >= 4 is 22.4 Å². The van der Waals surface area contributed by atoms with E-state index in [1.165, 1.54) is 0 Å². The first kappa shape index (κ1) is 17.4. The summed E-state index contributed by atoms with van der Waals surface area (Å²) < 4.78 is 26.9. The molecule has 114 valence electrons. The van der Waals surface area contributed by atoms with Crippen molar-refractivity contribution in [2.75, 3.05) is 26.7 Å². The second-order valence-electron chi connectivity index (χ2n) is 5.34. The Morgan fingerprint density at radius 3 is 2.65 bits per heavy atom. The zero-order valence-electron chi connectivity index (χ0n) is 12.2. The van der Waals surface area contributed by atoms with Crippen LogP contribution in [0.4, 0.5) is 0 Å². The summed E-state index contributed by atoms with van der Waals surface area (Å²) in [5, 5.41) is 3.12. The molecular weight excluding hydrogens is 296 g/mol. The number of benzene rings is 1. The molecule has 1 N–H and O–H groups in total. The maximum atomic E-state index is 12.6. The molecule has 1 aliphatic rings. The Labute approximate surface area is 128 Å². The Morgan fingerprint density at radius 2 is 2.05 bits per heavy atom. The maximum Gasteiger partial charge on any atom is 0.243 e. The van der Waals surface area contributed by atoms with Crippen LogP contribution in [0.25, 0.3) is 0 Å². The molecule has 1 aliphatic heterocycles. The molecule has 0 amide bonds. The normalized spacial score (nSPS) is 19.9. The molecule has 0 saturated carbocycles. The number of hydrogen-bond donors (Lipinski definition) is 1. The number of halogens is 1. The predicted molar refractivity (Wildman–Crippen MR) is 84.0 cm³/mol. The molecule has 1 aromatic rings. The van der Waals surface area contributed by atoms with Crippen LogP contribution in [0.3, 0.4) is 0 Å². The molecule has 2 rings (SSSR count). The van der Waals surface area contributed by atoms with Crippen LogP contribution in [0.5, 0.6) is 0 Å². The highest BCUT2D eigenvalue weighted by atomic mass is 35.5. The van der Waals surface area contributed by atoms with Gasteiger partial charge in [0.2, 0.25) is 10.0 Å². The van der Waals surface area contributed by atoms with E-state index in [0.717, 1.165) is 24.1 Å². The largest absolute Gasteiger partial charge is 0.319 e. The summed E-state index contributed by atoms with van der Waals surface area (Å²) in [6.45, 7) is 5.96. The van der Waals surface area contributed by atoms with Crippen molar-refractivity contribution in [2.24, 2.45) is 5.92 Å². The summed E-state index contributed by atoms with van der Waals surface area (Å²) in [6, 6.07) is 5.51. The molecule has 4 nitrogen and oxygen atoms in total. The molecule has 20 heavy (non-hydrogen) atoms. The minimum Gasteiger partial charge on any atom is -0.319 e. The molecule has 1 aromatic carbocycles. The molecule has 0 radical (unpaired) electrons. The van der Waals surface area contributed by atoms with Crippen molar-refractivity contribution in [3.63, 3.8) is 0 Å². The standard InChI is InChI=1S/C14H22N2O2S.ClH/c1-11-4-5-14(12(2)8-11)19(17,18)16-7-6-13(10-16)9-15-3;/h4-5,8,13,15H,6-7,9-10H2,1-3H3;1H. The van der Waals surface area contributed by atoms with Gasteiger partial charge in [0.15, 0.2) is 0 Å². The zero-order valence-corrected chi connectivity index (χ0v) is 13.9. The number of nitrogens with zero attached hydrogens (tertiary/aromatic N) is 1. The summed E-state index contributed by atoms with van der Waals surface area (Å²) in [5.74, 6) is 0.422. The van der Waals surface area contributed by atoms with Gasteiger partial charge < -0.3 is 5.32 Å². The van der Waals surface area contributed by atoms with Crippen molar-refractivity contribution in [1.82, 2.24) is 9.62 Å². The van der Waals surface area contributed by atoms with Gasteiger partial charge in [-0.1, -0.05) is 17.7 Å². The average molecular weight is 319 g/mol. The van der Waals surface area contributed by atoms with Gasteiger partial charge in [0.1, 0.15) is 0 Å². The summed E-state index contributed by atoms with van der Waals surface area (Å²) in [7, 11) is -1.43. The van der Waals surface area contributed by atoms with Gasteiger partial charge in [-0.2, -0.15) is 4.31 Å². The van der Waals surface area contributed by atoms with Crippen molar-refractivity contribution in [3.8, 4) is 0 Å². The summed E-state index contributed by atoms with van der Waals surface area (Å²) >= 11 is 0. The van der Waals surface area contributed by atoms with Crippen LogP contribution in [0, 0.1) is 19.8 Å². The topological polar surface area (TPSA) is 49.4 Å². The fourth-order valence-corrected chi connectivity index (χ4v) is 4.44. The molecule has 1 heterocycles. The molecule has 0 spiro atoms. The Balaban J connectivity index is 0.00000200. The van der Waals surface area contributed by atoms with E-state index in [4.69, 9.17) is 0 Å². The second kappa shape index (κ2) is 6.89. The van der Waals surface area contributed by atoms with Crippen LogP contribution in [-0.4, -0.2) is 39.4 Å². The molecule has 1 atom stereocenters. The third-order valence-electron chi connectivity index (χ3n) is 3.69. The average Bonchev–Trinajstić information content (AvgIpc) is 2.78. The molecule has 1 unspecified atom stereocenters. The van der Waals surface area contributed by atoms with Gasteiger partial charge in [-0.05, 0) is 51.4 Å². The van der Waals surface area contributed by atoms with E-state index < -0.39 is 10.0 Å². The summed E-state index contributed by atoms with van der Waals surface area (Å²) in [6.07, 6.45) is 0.935. The molecule has 1 fully saturated rings. The van der Waals surface area contributed by atoms with Crippen LogP contribution >= 0.6 is 12.4 Å². The lowest BCUT2D eigenvalue weighted by Gasteiger charge is -2.18. The number of hydrogen-bond acceptors (Lipinski definition) is 3. The Hall–Kier alpha value is -0.620. The lowest BCUT2D eigenvalue weighted by atomic mass is 10.1. The lowest BCUT2D eigenvalue weighted by Crippen LogP contribution is -2.30. The highest BCUT2D eigenvalue weighted by molar-refractivity contribution is 7.89. The van der Waals surface area contributed by atoms with Gasteiger partial charge in [0.25, 0.3) is 0 Å². The molecular formula is C14H23ClN2O2S. The van der Waals surface area contributed by atoms with E-state index in [-0.39, 0.29) is 12.4 Å². The first-order valence-electron chi connectivity index (χ1n) is 6.67. The van der Waals surface area contributed by atoms with Crippen molar-refractivity contribution < 1.29 is 8.42 Å². The van der Waals surface area contributed by atoms with Gasteiger partial charge in [-0.15, -0.1) is 12.4 Å². The molecule has 0 aliphatic carbocycles. The Bertz CT molecular complexity index is 560. The number of sulfonamides is 1. The monoisotopic (exact) mass is 318 g/mol. The van der Waals surface area contributed by atoms with Crippen LogP contribution in [0.2, 0.25) is 0 Å². The highest BCUT2D eigenvalue weighted by Gasteiger charge is 2.32. The van der Waals surface area contributed by atoms with Gasteiger partial charge in [-0.3, -0.25) is 0 Å². The van der Waals surface area contributed by atoms with Crippen molar-refractivity contribution in [3.05, 3.63) is 29.3 Å². The van der Waals surface area contributed by atoms with Crippen LogP contribution < -0.4 is 5.32 Å². The second-order valence-corrected chi connectivity index (χ2v) is 7.25. The highest BCUT2D eigenvalue weighted by Crippen LogP contribution is 2.26. The van der Waals surface area contributed by atoms with E-state index in [2.05, 4.69) is 5.32 Å². The smallest absolute Gasteiger partial charge is 0.243 e. The minimum atomic E-state index is -3.33. The van der Waals surface area contributed by atoms with E-state index in [1.807, 2.05) is 33.0 Å². The van der Waals surface area contributed by atoms with Crippen LogP contribution in [0.1, 0.15) is 17.5 Å². The minimum absolute atomic E-state index is 0. The lowest BCUT2D eigenvalue weighted by molar-refractivity contribution is 0.451. The van der Waals surface area contributed by atoms with Gasteiger partial charge in [0.05, 0.1) is 4.90 Å². The molecule has 0 aromatic heterocycles. The fourth-order valence-electron chi connectivity index (χ4n) is 2.70. The SMILES string of the molecule is CNCC1CCN(S(=O)(=O)c2ccc(C)cc2C)C1.Cl. The number of nitrogens with one attached hydrogen (secondary N) is 1. The summed E-state index contributed by atoms with van der Waals surface area (Å²) in [5.41, 5.74) is 1.92. The van der Waals surface area contributed by atoms with Gasteiger partial charge >= 0.3 is 0 Å². The van der Waals surface area contributed by atoms with E-state index in [1.54, 1.807) is 10.4 Å². The van der Waals surface area contributed by atoms with E-state index >= 15 is 0 Å². The quantitative estimate of drug-likeness (QED) is 0.923. The van der Waals surface area contributed by atoms with Crippen molar-refractivity contribution in [1.29, 1.82) is 0 Å². The number of rotatable bonds is 4. The zero-order chi connectivity index (χ0) is 14.0. The fraction of sp³-hybridized carbons (Fsp3) is 0.571. The number of aryl methyl sites for hydroxylation is 2. The first-order chi connectivity index (χ1) is 8.95. The molecule has 6 heteroatoms. The van der Waals surface area contributed by atoms with Crippen LogP contribution in [0.15, 0.2) is 23.1 Å². The molecule has 0 bridgehead atoms. The maximum absolute atomic E-state index is 12.6. The van der Waals surface area contributed by atoms with E-state index in [9.17, 15) is 8.42 Å². The van der Waals surface area contributed by atoms with Gasteiger partial charge in [0, 0.05) is 13.1 Å². The Kier molecular flexibility index (Phi) is 6.01.